The largest absolute Gasteiger partial charge is 0.497 e. The van der Waals surface area contributed by atoms with Crippen molar-refractivity contribution in [1.29, 1.82) is 0 Å². The van der Waals surface area contributed by atoms with Gasteiger partial charge in [-0.2, -0.15) is 4.98 Å². The first-order chi connectivity index (χ1) is 11.7. The average molecular weight is 330 g/mol. The molecule has 1 saturated heterocycles. The lowest BCUT2D eigenvalue weighted by atomic mass is 9.93. The van der Waals surface area contributed by atoms with E-state index in [0.717, 1.165) is 43.7 Å². The molecule has 0 bridgehead atoms. The summed E-state index contributed by atoms with van der Waals surface area (Å²) in [5.41, 5.74) is 6.10. The van der Waals surface area contributed by atoms with Crippen LogP contribution in [-0.4, -0.2) is 36.2 Å². The number of primary amides is 1. The second-order valence-electron chi connectivity index (χ2n) is 6.09. The Bertz CT molecular complexity index is 701. The Labute approximate surface area is 140 Å². The highest BCUT2D eigenvalue weighted by atomic mass is 16.5. The van der Waals surface area contributed by atoms with Gasteiger partial charge in [-0.25, -0.2) is 0 Å². The molecule has 1 amide bonds. The summed E-state index contributed by atoms with van der Waals surface area (Å²) in [6.45, 7) is 1.69. The molecule has 0 radical (unpaired) electrons. The molecule has 1 atom stereocenters. The van der Waals surface area contributed by atoms with Crippen molar-refractivity contribution in [2.45, 2.75) is 25.7 Å². The van der Waals surface area contributed by atoms with E-state index in [1.54, 1.807) is 7.11 Å². The zero-order chi connectivity index (χ0) is 16.9. The number of nitrogens with zero attached hydrogens (tertiary/aromatic N) is 3. The molecule has 0 unspecified atom stereocenters. The van der Waals surface area contributed by atoms with Gasteiger partial charge in [-0.15, -0.1) is 0 Å². The van der Waals surface area contributed by atoms with Crippen LogP contribution in [0.2, 0.25) is 0 Å². The number of carbonyl (C=O) groups excluding carboxylic acids is 1. The van der Waals surface area contributed by atoms with Crippen molar-refractivity contribution in [3.05, 3.63) is 24.3 Å². The van der Waals surface area contributed by atoms with Crippen molar-refractivity contribution >= 4 is 11.9 Å². The number of nitrogens with two attached hydrogens (primary N) is 1. The quantitative estimate of drug-likeness (QED) is 0.873. The maximum absolute atomic E-state index is 11.0. The molecule has 0 aliphatic carbocycles. The van der Waals surface area contributed by atoms with E-state index >= 15 is 0 Å². The number of hydrogen-bond acceptors (Lipinski definition) is 6. The number of ether oxygens (including phenoxy) is 1. The van der Waals surface area contributed by atoms with Crippen molar-refractivity contribution < 1.29 is 14.1 Å². The van der Waals surface area contributed by atoms with E-state index in [9.17, 15) is 4.79 Å². The Morgan fingerprint density at radius 1 is 1.50 bits per heavy atom. The van der Waals surface area contributed by atoms with Crippen LogP contribution in [-0.2, 0) is 4.79 Å². The summed E-state index contributed by atoms with van der Waals surface area (Å²) < 4.78 is 10.7. The van der Waals surface area contributed by atoms with Crippen molar-refractivity contribution in [2.75, 3.05) is 25.1 Å². The Morgan fingerprint density at radius 2 is 2.38 bits per heavy atom. The number of piperidine rings is 1. The number of hydrogen-bond donors (Lipinski definition) is 1. The molecule has 2 N–H and O–H groups in total. The molecule has 24 heavy (non-hydrogen) atoms. The fourth-order valence-corrected chi connectivity index (χ4v) is 3.04. The maximum Gasteiger partial charge on any atom is 0.324 e. The molecule has 3 rings (SSSR count). The summed E-state index contributed by atoms with van der Waals surface area (Å²) in [4.78, 5) is 17.6. The van der Waals surface area contributed by atoms with Gasteiger partial charge < -0.3 is 19.9 Å². The highest BCUT2D eigenvalue weighted by Crippen LogP contribution is 2.27. The van der Waals surface area contributed by atoms with Crippen LogP contribution in [0.15, 0.2) is 28.8 Å². The zero-order valence-electron chi connectivity index (χ0n) is 13.8. The summed E-state index contributed by atoms with van der Waals surface area (Å²) in [5, 5.41) is 4.08. The molecular weight excluding hydrogens is 308 g/mol. The summed E-state index contributed by atoms with van der Waals surface area (Å²) in [6, 6.07) is 8.09. The number of benzene rings is 1. The van der Waals surface area contributed by atoms with Gasteiger partial charge in [0.15, 0.2) is 0 Å². The van der Waals surface area contributed by atoms with Crippen LogP contribution in [0.4, 0.5) is 6.01 Å². The normalized spacial score (nSPS) is 17.7. The molecule has 1 fully saturated rings. The van der Waals surface area contributed by atoms with Crippen molar-refractivity contribution in [3.8, 4) is 17.1 Å². The van der Waals surface area contributed by atoms with Crippen LogP contribution in [0.25, 0.3) is 11.4 Å². The van der Waals surface area contributed by atoms with Crippen LogP contribution < -0.4 is 15.4 Å². The van der Waals surface area contributed by atoms with Gasteiger partial charge in [0.2, 0.25) is 11.7 Å². The first kappa shape index (κ1) is 16.3. The van der Waals surface area contributed by atoms with Crippen LogP contribution >= 0.6 is 0 Å². The smallest absolute Gasteiger partial charge is 0.324 e. The third kappa shape index (κ3) is 3.84. The first-order valence-corrected chi connectivity index (χ1v) is 8.17. The molecule has 2 aromatic rings. The molecule has 1 aliphatic heterocycles. The van der Waals surface area contributed by atoms with Crippen LogP contribution in [0.5, 0.6) is 5.75 Å². The Balaban J connectivity index is 1.69. The number of anilines is 1. The number of amides is 1. The van der Waals surface area contributed by atoms with Gasteiger partial charge in [-0.05, 0) is 37.3 Å². The minimum Gasteiger partial charge on any atom is -0.497 e. The minimum absolute atomic E-state index is 0.245. The number of rotatable bonds is 6. The molecular formula is C17H22N4O3. The summed E-state index contributed by atoms with van der Waals surface area (Å²) in [7, 11) is 1.63. The van der Waals surface area contributed by atoms with Crippen LogP contribution in [0, 0.1) is 5.92 Å². The highest BCUT2D eigenvalue weighted by molar-refractivity contribution is 5.73. The molecule has 7 heteroatoms. The lowest BCUT2D eigenvalue weighted by Crippen LogP contribution is -2.36. The molecule has 0 spiro atoms. The molecule has 2 heterocycles. The van der Waals surface area contributed by atoms with Crippen LogP contribution in [0.1, 0.15) is 25.7 Å². The number of methoxy groups -OCH3 is 1. The van der Waals surface area contributed by atoms with Gasteiger partial charge in [-0.3, -0.25) is 4.79 Å². The van der Waals surface area contributed by atoms with Crippen LogP contribution in [0.3, 0.4) is 0 Å². The fraction of sp³-hybridized carbons (Fsp3) is 0.471. The third-order valence-corrected chi connectivity index (χ3v) is 4.33. The molecule has 128 valence electrons. The summed E-state index contributed by atoms with van der Waals surface area (Å²) in [6.07, 6.45) is 3.38. The molecule has 1 aromatic heterocycles. The van der Waals surface area contributed by atoms with E-state index in [0.29, 0.717) is 24.2 Å². The molecule has 0 saturated carbocycles. The lowest BCUT2D eigenvalue weighted by Gasteiger charge is -2.31. The van der Waals surface area contributed by atoms with Gasteiger partial charge in [0.1, 0.15) is 5.75 Å². The van der Waals surface area contributed by atoms with Gasteiger partial charge in [0, 0.05) is 25.1 Å². The Morgan fingerprint density at radius 3 is 3.17 bits per heavy atom. The van der Waals surface area contributed by atoms with E-state index < -0.39 is 0 Å². The topological polar surface area (TPSA) is 94.5 Å². The lowest BCUT2D eigenvalue weighted by molar-refractivity contribution is -0.118. The number of aromatic nitrogens is 2. The Hall–Kier alpha value is -2.57. The van der Waals surface area contributed by atoms with E-state index in [2.05, 4.69) is 15.0 Å². The van der Waals surface area contributed by atoms with Gasteiger partial charge in [0.25, 0.3) is 0 Å². The van der Waals surface area contributed by atoms with Crippen molar-refractivity contribution in [3.63, 3.8) is 0 Å². The summed E-state index contributed by atoms with van der Waals surface area (Å²) in [5.74, 6) is 1.48. The Kier molecular flexibility index (Phi) is 4.98. The summed E-state index contributed by atoms with van der Waals surface area (Å²) >= 11 is 0. The second kappa shape index (κ2) is 7.33. The van der Waals surface area contributed by atoms with Gasteiger partial charge in [-0.1, -0.05) is 17.3 Å². The number of carbonyl (C=O) groups is 1. The predicted molar refractivity (Wildman–Crippen MR) is 89.7 cm³/mol. The second-order valence-corrected chi connectivity index (χ2v) is 6.09. The third-order valence-electron chi connectivity index (χ3n) is 4.33. The standard InChI is InChI=1S/C17H22N4O3/c1-23-14-6-2-5-13(10-14)16-19-17(24-20-16)21-9-3-4-12(11-21)7-8-15(18)22/h2,5-6,10,12H,3-4,7-9,11H2,1H3,(H2,18,22)/t12-/m0/s1. The van der Waals surface area contributed by atoms with Gasteiger partial charge in [0.05, 0.1) is 7.11 Å². The predicted octanol–water partition coefficient (Wildman–Crippen LogP) is 2.23. The first-order valence-electron chi connectivity index (χ1n) is 8.17. The highest BCUT2D eigenvalue weighted by Gasteiger charge is 2.24. The van der Waals surface area contributed by atoms with E-state index in [4.69, 9.17) is 15.0 Å². The SMILES string of the molecule is COc1cccc(-c2noc(N3CCC[C@@H](CCC(N)=O)C3)n2)c1. The molecule has 1 aromatic carbocycles. The monoisotopic (exact) mass is 330 g/mol. The average Bonchev–Trinajstić information content (AvgIpc) is 3.10. The minimum atomic E-state index is -0.245. The van der Waals surface area contributed by atoms with Crippen molar-refractivity contribution in [2.24, 2.45) is 11.7 Å². The fourth-order valence-electron chi connectivity index (χ4n) is 3.04. The molecule has 1 aliphatic rings. The van der Waals surface area contributed by atoms with E-state index in [1.165, 1.54) is 0 Å². The zero-order valence-corrected chi connectivity index (χ0v) is 13.8. The van der Waals surface area contributed by atoms with Gasteiger partial charge >= 0.3 is 6.01 Å². The van der Waals surface area contributed by atoms with E-state index in [1.807, 2.05) is 24.3 Å². The maximum atomic E-state index is 11.0. The van der Waals surface area contributed by atoms with Crippen molar-refractivity contribution in [1.82, 2.24) is 10.1 Å². The van der Waals surface area contributed by atoms with E-state index in [-0.39, 0.29) is 5.91 Å². The molecule has 7 nitrogen and oxygen atoms in total.